The highest BCUT2D eigenvalue weighted by Crippen LogP contribution is 2.57. The fourth-order valence-electron chi connectivity index (χ4n) is 7.93. The summed E-state index contributed by atoms with van der Waals surface area (Å²) >= 11 is 0. The summed E-state index contributed by atoms with van der Waals surface area (Å²) in [6.45, 7) is 18.3. The lowest BCUT2D eigenvalue weighted by molar-refractivity contribution is -0.158. The number of fused-ring (bicyclic) bond motifs is 5. The van der Waals surface area contributed by atoms with E-state index >= 15 is 0 Å². The molecule has 0 saturated heterocycles. The van der Waals surface area contributed by atoms with Crippen molar-refractivity contribution in [1.82, 2.24) is 0 Å². The van der Waals surface area contributed by atoms with Crippen LogP contribution in [0.5, 0.6) is 0 Å². The SMILES string of the molecule is C=C(C)C(=O)OC(CC)C1(C(CC)OC(=O)C(=C)C)c2cc(-c3ccc4ccccc4c3)ccc2-c2ccc(-c3ccc4ccccc4c3)cc21.C=CC(=O)OC. The van der Waals surface area contributed by atoms with Crippen molar-refractivity contribution in [2.75, 3.05) is 7.11 Å². The van der Waals surface area contributed by atoms with E-state index in [0.717, 1.165) is 61.4 Å². The van der Waals surface area contributed by atoms with Crippen LogP contribution in [-0.2, 0) is 34.0 Å². The molecule has 0 aliphatic heterocycles. The van der Waals surface area contributed by atoms with Crippen LogP contribution in [0.1, 0.15) is 51.7 Å². The van der Waals surface area contributed by atoms with E-state index in [2.05, 4.69) is 122 Å². The summed E-state index contributed by atoms with van der Waals surface area (Å²) in [4.78, 5) is 36.8. The van der Waals surface area contributed by atoms with Gasteiger partial charge < -0.3 is 14.2 Å². The molecule has 0 amide bonds. The normalized spacial score (nSPS) is 13.2. The standard InChI is InChI=1S/C47H42O4.C4H6O2/c1-7-43(50-45(48)29(3)4)47(44(8-2)51-46(49)30(5)6)41-27-37(35-19-17-31-13-9-11-15-33(31)25-35)21-23-39(41)40-24-22-38(28-42(40)47)36-20-18-32-14-10-12-16-34(32)26-36;1-3-4(5)6-2/h9-28,43-44H,3,5,7-8H2,1-2,4,6H3;3H,1H2,2H3. The molecule has 0 aromatic heterocycles. The summed E-state index contributed by atoms with van der Waals surface area (Å²) in [6, 6.07) is 42.7. The summed E-state index contributed by atoms with van der Waals surface area (Å²) in [5, 5.41) is 4.63. The summed E-state index contributed by atoms with van der Waals surface area (Å²) in [5.74, 6) is -1.35. The maximum absolute atomic E-state index is 13.5. The molecule has 0 bridgehead atoms. The van der Waals surface area contributed by atoms with Crippen LogP contribution in [0.3, 0.4) is 0 Å². The van der Waals surface area contributed by atoms with E-state index in [9.17, 15) is 14.4 Å². The van der Waals surface area contributed by atoms with Crippen LogP contribution in [0.4, 0.5) is 0 Å². The lowest BCUT2D eigenvalue weighted by atomic mass is 9.66. The van der Waals surface area contributed by atoms with Crippen LogP contribution in [-0.4, -0.2) is 37.2 Å². The molecular weight excluding hydrogens is 709 g/mol. The molecule has 288 valence electrons. The van der Waals surface area contributed by atoms with E-state index < -0.39 is 35.5 Å². The number of rotatable bonds is 11. The van der Waals surface area contributed by atoms with Crippen molar-refractivity contribution in [3.63, 3.8) is 0 Å². The van der Waals surface area contributed by atoms with Gasteiger partial charge in [-0.3, -0.25) is 0 Å². The molecule has 57 heavy (non-hydrogen) atoms. The van der Waals surface area contributed by atoms with Crippen LogP contribution in [0.25, 0.3) is 54.9 Å². The predicted octanol–water partition coefficient (Wildman–Crippen LogP) is 11.7. The maximum Gasteiger partial charge on any atom is 0.333 e. The number of esters is 3. The molecule has 6 aromatic carbocycles. The smallest absolute Gasteiger partial charge is 0.333 e. The van der Waals surface area contributed by atoms with Crippen molar-refractivity contribution in [3.05, 3.63) is 169 Å². The highest BCUT2D eigenvalue weighted by Gasteiger charge is 2.56. The van der Waals surface area contributed by atoms with Crippen LogP contribution in [0, 0.1) is 0 Å². The first-order valence-corrected chi connectivity index (χ1v) is 19.2. The van der Waals surface area contributed by atoms with E-state index in [1.165, 1.54) is 17.9 Å². The Hall–Kier alpha value is -6.53. The summed E-state index contributed by atoms with van der Waals surface area (Å²) in [6.07, 6.45) is 0.672. The Kier molecular flexibility index (Phi) is 12.0. The molecule has 6 aromatic rings. The molecule has 0 fully saturated rings. The number of carbonyl (C=O) groups is 3. The molecule has 7 rings (SSSR count). The van der Waals surface area contributed by atoms with Crippen LogP contribution >= 0.6 is 0 Å². The highest BCUT2D eigenvalue weighted by molar-refractivity contribution is 5.93. The second-order valence-corrected chi connectivity index (χ2v) is 14.4. The first-order chi connectivity index (χ1) is 27.5. The molecule has 2 unspecified atom stereocenters. The van der Waals surface area contributed by atoms with Gasteiger partial charge in [0, 0.05) is 17.2 Å². The largest absolute Gasteiger partial charge is 0.466 e. The number of benzene rings is 6. The van der Waals surface area contributed by atoms with Gasteiger partial charge >= 0.3 is 17.9 Å². The van der Waals surface area contributed by atoms with Gasteiger partial charge in [-0.1, -0.05) is 131 Å². The Labute approximate surface area is 335 Å². The van der Waals surface area contributed by atoms with Gasteiger partial charge in [-0.2, -0.15) is 0 Å². The molecule has 6 heteroatoms. The zero-order valence-corrected chi connectivity index (χ0v) is 33.3. The predicted molar refractivity (Wildman–Crippen MR) is 231 cm³/mol. The fraction of sp³-hybridized carbons (Fsp3) is 0.196. The van der Waals surface area contributed by atoms with Gasteiger partial charge in [0.05, 0.1) is 12.5 Å². The molecular formula is C51H48O6. The Morgan fingerprint density at radius 3 is 1.28 bits per heavy atom. The zero-order chi connectivity index (χ0) is 40.9. The van der Waals surface area contributed by atoms with Gasteiger partial charge in [0.25, 0.3) is 0 Å². The van der Waals surface area contributed by atoms with Crippen molar-refractivity contribution >= 4 is 39.5 Å². The van der Waals surface area contributed by atoms with Crippen molar-refractivity contribution in [2.45, 2.75) is 58.2 Å². The van der Waals surface area contributed by atoms with E-state index in [4.69, 9.17) is 9.47 Å². The molecule has 1 aliphatic rings. The molecule has 0 N–H and O–H groups in total. The summed E-state index contributed by atoms with van der Waals surface area (Å²) in [5.41, 5.74) is 7.71. The highest BCUT2D eigenvalue weighted by atomic mass is 16.6. The van der Waals surface area contributed by atoms with Crippen molar-refractivity contribution in [1.29, 1.82) is 0 Å². The van der Waals surface area contributed by atoms with Crippen molar-refractivity contribution in [2.24, 2.45) is 0 Å². The number of carbonyl (C=O) groups excluding carboxylic acids is 3. The van der Waals surface area contributed by atoms with Crippen molar-refractivity contribution < 1.29 is 28.6 Å². The van der Waals surface area contributed by atoms with Crippen LogP contribution < -0.4 is 0 Å². The van der Waals surface area contributed by atoms with Gasteiger partial charge in [-0.25, -0.2) is 14.4 Å². The molecule has 1 aliphatic carbocycles. The van der Waals surface area contributed by atoms with Crippen LogP contribution in [0.15, 0.2) is 158 Å². The minimum Gasteiger partial charge on any atom is -0.466 e. The second-order valence-electron chi connectivity index (χ2n) is 14.4. The molecule has 6 nitrogen and oxygen atoms in total. The minimum absolute atomic E-state index is 0.309. The van der Waals surface area contributed by atoms with Gasteiger partial charge in [-0.15, -0.1) is 0 Å². The number of methoxy groups -OCH3 is 1. The quantitative estimate of drug-likeness (QED) is 0.0744. The Bertz CT molecular complexity index is 2370. The topological polar surface area (TPSA) is 78.9 Å². The molecule has 0 heterocycles. The molecule has 2 atom stereocenters. The van der Waals surface area contributed by atoms with Gasteiger partial charge in [0.15, 0.2) is 0 Å². The molecule has 0 spiro atoms. The number of ether oxygens (including phenoxy) is 3. The Morgan fingerprint density at radius 1 is 0.579 bits per heavy atom. The van der Waals surface area contributed by atoms with E-state index in [-0.39, 0.29) is 0 Å². The lowest BCUT2D eigenvalue weighted by Crippen LogP contribution is -2.52. The number of hydrogen-bond donors (Lipinski definition) is 0. The second kappa shape index (κ2) is 17.1. The molecule has 0 saturated carbocycles. The number of hydrogen-bond acceptors (Lipinski definition) is 6. The maximum atomic E-state index is 13.5. The third kappa shape index (κ3) is 7.81. The Morgan fingerprint density at radius 2 is 0.947 bits per heavy atom. The van der Waals surface area contributed by atoms with E-state index in [1.807, 2.05) is 38.1 Å². The average Bonchev–Trinajstić information content (AvgIpc) is 3.53. The van der Waals surface area contributed by atoms with Gasteiger partial charge in [-0.05, 0) is 117 Å². The average molecular weight is 757 g/mol. The first-order valence-electron chi connectivity index (χ1n) is 19.2. The monoisotopic (exact) mass is 756 g/mol. The first kappa shape index (κ1) is 40.1. The van der Waals surface area contributed by atoms with Crippen molar-refractivity contribution in [3.8, 4) is 33.4 Å². The summed E-state index contributed by atoms with van der Waals surface area (Å²) in [7, 11) is 1.31. The third-order valence-corrected chi connectivity index (χ3v) is 10.7. The lowest BCUT2D eigenvalue weighted by Gasteiger charge is -2.44. The molecule has 0 radical (unpaired) electrons. The fourth-order valence-corrected chi connectivity index (χ4v) is 7.93. The van der Waals surface area contributed by atoms with Gasteiger partial charge in [0.1, 0.15) is 12.2 Å². The van der Waals surface area contributed by atoms with E-state index in [0.29, 0.717) is 24.0 Å². The van der Waals surface area contributed by atoms with E-state index in [1.54, 1.807) is 13.8 Å². The van der Waals surface area contributed by atoms with Crippen LogP contribution in [0.2, 0.25) is 0 Å². The third-order valence-electron chi connectivity index (χ3n) is 10.7. The van der Waals surface area contributed by atoms with Gasteiger partial charge in [0.2, 0.25) is 0 Å². The minimum atomic E-state index is -1.05. The summed E-state index contributed by atoms with van der Waals surface area (Å²) < 4.78 is 17.0. The Balaban J connectivity index is 0.000000850. The zero-order valence-electron chi connectivity index (χ0n) is 33.3.